The summed E-state index contributed by atoms with van der Waals surface area (Å²) in [5.41, 5.74) is 0.571. The minimum atomic E-state index is 0.243. The molecule has 0 radical (unpaired) electrons. The molecule has 2 aliphatic heterocycles. The Bertz CT molecular complexity index is 279. The molecule has 1 N–H and O–H groups in total. The van der Waals surface area contributed by atoms with Crippen LogP contribution in [0.15, 0.2) is 0 Å². The lowest BCUT2D eigenvalue weighted by Gasteiger charge is -2.38. The highest BCUT2D eigenvalue weighted by atomic mass is 16.5. The van der Waals surface area contributed by atoms with Gasteiger partial charge in [-0.3, -0.25) is 4.90 Å². The molecule has 1 unspecified atom stereocenters. The van der Waals surface area contributed by atoms with E-state index in [0.717, 1.165) is 19.1 Å². The Morgan fingerprint density at radius 2 is 1.83 bits per heavy atom. The van der Waals surface area contributed by atoms with E-state index in [-0.39, 0.29) is 5.54 Å². The highest BCUT2D eigenvalue weighted by molar-refractivity contribution is 4.91. The highest BCUT2D eigenvalue weighted by Gasteiger charge is 2.34. The van der Waals surface area contributed by atoms with Gasteiger partial charge in [0.05, 0.1) is 19.3 Å². The van der Waals surface area contributed by atoms with Gasteiger partial charge in [-0.1, -0.05) is 0 Å². The van der Waals surface area contributed by atoms with Crippen molar-refractivity contribution in [2.45, 2.75) is 64.6 Å². The van der Waals surface area contributed by atoms with Crippen LogP contribution in [0.2, 0.25) is 0 Å². The van der Waals surface area contributed by atoms with E-state index < -0.39 is 0 Å². The Balaban J connectivity index is 1.79. The first-order chi connectivity index (χ1) is 8.26. The van der Waals surface area contributed by atoms with Crippen molar-refractivity contribution in [1.82, 2.24) is 10.2 Å². The normalized spacial score (nSPS) is 27.5. The average molecular weight is 254 g/mol. The SMILES string of the molecule is CC(C)(CC1CCN(C(C)(C)C)C1)NC1COC1. The summed E-state index contributed by atoms with van der Waals surface area (Å²) in [4.78, 5) is 2.63. The van der Waals surface area contributed by atoms with Crippen molar-refractivity contribution in [3.63, 3.8) is 0 Å². The molecule has 3 heteroatoms. The van der Waals surface area contributed by atoms with Crippen molar-refractivity contribution in [2.24, 2.45) is 5.92 Å². The molecule has 106 valence electrons. The van der Waals surface area contributed by atoms with Crippen molar-refractivity contribution >= 4 is 0 Å². The summed E-state index contributed by atoms with van der Waals surface area (Å²) in [6.07, 6.45) is 2.62. The lowest BCUT2D eigenvalue weighted by atomic mass is 9.89. The molecular weight excluding hydrogens is 224 g/mol. The second kappa shape index (κ2) is 5.10. The summed E-state index contributed by atoms with van der Waals surface area (Å²) in [6, 6.07) is 0.583. The van der Waals surface area contributed by atoms with Crippen LogP contribution in [0.25, 0.3) is 0 Å². The lowest BCUT2D eigenvalue weighted by Crippen LogP contribution is -2.55. The van der Waals surface area contributed by atoms with Crippen molar-refractivity contribution in [3.8, 4) is 0 Å². The summed E-state index contributed by atoms with van der Waals surface area (Å²) in [7, 11) is 0. The van der Waals surface area contributed by atoms with Crippen LogP contribution in [0.3, 0.4) is 0 Å². The third-order valence-corrected chi connectivity index (χ3v) is 4.27. The number of likely N-dealkylation sites (tertiary alicyclic amines) is 1. The fourth-order valence-corrected chi connectivity index (χ4v) is 3.26. The highest BCUT2D eigenvalue weighted by Crippen LogP contribution is 2.30. The van der Waals surface area contributed by atoms with Gasteiger partial charge >= 0.3 is 0 Å². The van der Waals surface area contributed by atoms with Gasteiger partial charge in [-0.2, -0.15) is 0 Å². The van der Waals surface area contributed by atoms with E-state index in [0.29, 0.717) is 11.6 Å². The van der Waals surface area contributed by atoms with E-state index in [2.05, 4.69) is 44.8 Å². The van der Waals surface area contributed by atoms with Crippen LogP contribution in [0, 0.1) is 5.92 Å². The zero-order chi connectivity index (χ0) is 13.4. The Morgan fingerprint density at radius 3 is 2.28 bits per heavy atom. The molecule has 18 heavy (non-hydrogen) atoms. The van der Waals surface area contributed by atoms with Crippen molar-refractivity contribution in [2.75, 3.05) is 26.3 Å². The molecule has 0 bridgehead atoms. The van der Waals surface area contributed by atoms with Gasteiger partial charge in [-0.05, 0) is 59.9 Å². The van der Waals surface area contributed by atoms with Crippen LogP contribution in [-0.4, -0.2) is 48.3 Å². The summed E-state index contributed by atoms with van der Waals surface area (Å²) < 4.78 is 5.24. The first-order valence-corrected chi connectivity index (χ1v) is 7.37. The van der Waals surface area contributed by atoms with E-state index in [9.17, 15) is 0 Å². The zero-order valence-electron chi connectivity index (χ0n) is 12.8. The Hall–Kier alpha value is -0.120. The quantitative estimate of drug-likeness (QED) is 0.833. The maximum Gasteiger partial charge on any atom is 0.0643 e. The van der Waals surface area contributed by atoms with Gasteiger partial charge in [0, 0.05) is 17.6 Å². The van der Waals surface area contributed by atoms with Crippen LogP contribution < -0.4 is 5.32 Å². The van der Waals surface area contributed by atoms with Gasteiger partial charge in [0.1, 0.15) is 0 Å². The molecule has 0 aliphatic carbocycles. The van der Waals surface area contributed by atoms with Crippen LogP contribution in [0.5, 0.6) is 0 Å². The fraction of sp³-hybridized carbons (Fsp3) is 1.00. The largest absolute Gasteiger partial charge is 0.378 e. The molecule has 2 saturated heterocycles. The number of hydrogen-bond donors (Lipinski definition) is 1. The van der Waals surface area contributed by atoms with E-state index >= 15 is 0 Å². The fourth-order valence-electron chi connectivity index (χ4n) is 3.26. The number of nitrogens with one attached hydrogen (secondary N) is 1. The monoisotopic (exact) mass is 254 g/mol. The second-order valence-corrected chi connectivity index (χ2v) is 7.74. The average Bonchev–Trinajstić information content (AvgIpc) is 2.58. The minimum absolute atomic E-state index is 0.243. The van der Waals surface area contributed by atoms with Gasteiger partial charge < -0.3 is 10.1 Å². The molecule has 0 saturated carbocycles. The maximum atomic E-state index is 5.24. The first kappa shape index (κ1) is 14.3. The van der Waals surface area contributed by atoms with Crippen molar-refractivity contribution in [1.29, 1.82) is 0 Å². The molecule has 1 atom stereocenters. The molecule has 2 fully saturated rings. The van der Waals surface area contributed by atoms with E-state index in [4.69, 9.17) is 4.74 Å². The second-order valence-electron chi connectivity index (χ2n) is 7.74. The first-order valence-electron chi connectivity index (χ1n) is 7.37. The lowest BCUT2D eigenvalue weighted by molar-refractivity contribution is -0.0186. The number of rotatable bonds is 4. The molecular formula is C15H30N2O. The van der Waals surface area contributed by atoms with E-state index in [1.54, 1.807) is 0 Å². The summed E-state index contributed by atoms with van der Waals surface area (Å²) in [5.74, 6) is 0.840. The van der Waals surface area contributed by atoms with E-state index in [1.807, 2.05) is 0 Å². The van der Waals surface area contributed by atoms with E-state index in [1.165, 1.54) is 25.9 Å². The molecule has 3 nitrogen and oxygen atoms in total. The van der Waals surface area contributed by atoms with Gasteiger partial charge in [-0.25, -0.2) is 0 Å². The van der Waals surface area contributed by atoms with Crippen LogP contribution >= 0.6 is 0 Å². The van der Waals surface area contributed by atoms with Gasteiger partial charge in [0.2, 0.25) is 0 Å². The molecule has 0 spiro atoms. The van der Waals surface area contributed by atoms with Gasteiger partial charge in [0.15, 0.2) is 0 Å². The molecule has 0 aromatic rings. The molecule has 2 rings (SSSR count). The predicted octanol–water partition coefficient (Wildman–Crippen LogP) is 2.26. The molecule has 2 heterocycles. The third-order valence-electron chi connectivity index (χ3n) is 4.27. The standard InChI is InChI=1S/C15H30N2O/c1-14(2,3)17-7-6-12(9-17)8-15(4,5)16-13-10-18-11-13/h12-13,16H,6-11H2,1-5H3. The molecule has 2 aliphatic rings. The summed E-state index contributed by atoms with van der Waals surface area (Å²) in [6.45, 7) is 16.0. The topological polar surface area (TPSA) is 24.5 Å². The number of ether oxygens (including phenoxy) is 1. The Labute approximate surface area is 112 Å². The summed E-state index contributed by atoms with van der Waals surface area (Å²) in [5, 5.41) is 3.73. The molecule has 0 aromatic carbocycles. The molecule has 0 aromatic heterocycles. The third kappa shape index (κ3) is 3.69. The maximum absolute atomic E-state index is 5.24. The van der Waals surface area contributed by atoms with Crippen molar-refractivity contribution in [3.05, 3.63) is 0 Å². The Kier molecular flexibility index (Phi) is 4.05. The van der Waals surface area contributed by atoms with Crippen LogP contribution in [0.4, 0.5) is 0 Å². The Morgan fingerprint density at radius 1 is 1.17 bits per heavy atom. The molecule has 0 amide bonds. The number of hydrogen-bond acceptors (Lipinski definition) is 3. The zero-order valence-corrected chi connectivity index (χ0v) is 12.8. The van der Waals surface area contributed by atoms with Crippen LogP contribution in [-0.2, 0) is 4.74 Å². The summed E-state index contributed by atoms with van der Waals surface area (Å²) >= 11 is 0. The van der Waals surface area contributed by atoms with Crippen molar-refractivity contribution < 1.29 is 4.74 Å². The predicted molar refractivity (Wildman–Crippen MR) is 75.9 cm³/mol. The van der Waals surface area contributed by atoms with Crippen LogP contribution in [0.1, 0.15) is 47.5 Å². The number of nitrogens with zero attached hydrogens (tertiary/aromatic N) is 1. The minimum Gasteiger partial charge on any atom is -0.378 e. The van der Waals surface area contributed by atoms with Gasteiger partial charge in [0.25, 0.3) is 0 Å². The smallest absolute Gasteiger partial charge is 0.0643 e. The van der Waals surface area contributed by atoms with Gasteiger partial charge in [-0.15, -0.1) is 0 Å².